The Labute approximate surface area is 157 Å². The van der Waals surface area contributed by atoms with Gasteiger partial charge >= 0.3 is 11.9 Å². The number of ether oxygens (including phenoxy) is 2. The van der Waals surface area contributed by atoms with Crippen LogP contribution in [0.4, 0.5) is 5.00 Å². The highest BCUT2D eigenvalue weighted by atomic mass is 32.1. The van der Waals surface area contributed by atoms with Crippen molar-refractivity contribution in [1.82, 2.24) is 5.32 Å². The Bertz CT molecular complexity index is 643. The molecular weight excluding hydrogens is 360 g/mol. The van der Waals surface area contributed by atoms with Gasteiger partial charge in [-0.3, -0.25) is 4.79 Å². The van der Waals surface area contributed by atoms with E-state index < -0.39 is 0 Å². The molecule has 138 valence electrons. The lowest BCUT2D eigenvalue weighted by Crippen LogP contribution is -2.30. The van der Waals surface area contributed by atoms with Gasteiger partial charge in [-0.2, -0.15) is 0 Å². The third-order valence-electron chi connectivity index (χ3n) is 3.95. The first-order chi connectivity index (χ1) is 12.1. The summed E-state index contributed by atoms with van der Waals surface area (Å²) in [6.07, 6.45) is 5.10. The zero-order chi connectivity index (χ0) is 18.2. The van der Waals surface area contributed by atoms with Gasteiger partial charge in [0.05, 0.1) is 19.3 Å². The van der Waals surface area contributed by atoms with Crippen molar-refractivity contribution in [2.75, 3.05) is 25.6 Å². The quantitative estimate of drug-likeness (QED) is 0.425. The van der Waals surface area contributed by atoms with Gasteiger partial charge in [-0.15, -0.1) is 11.3 Å². The number of thiocarbonyl (C=S) groups is 1. The summed E-state index contributed by atoms with van der Waals surface area (Å²) in [7, 11) is 1.37. The van der Waals surface area contributed by atoms with Gasteiger partial charge in [-0.05, 0) is 56.8 Å². The van der Waals surface area contributed by atoms with Crippen molar-refractivity contribution in [3.63, 3.8) is 0 Å². The zero-order valence-electron chi connectivity index (χ0n) is 14.6. The topological polar surface area (TPSA) is 76.7 Å². The molecule has 2 N–H and O–H groups in total. The van der Waals surface area contributed by atoms with Crippen LogP contribution in [0.2, 0.25) is 0 Å². The first-order valence-electron chi connectivity index (χ1n) is 8.50. The molecule has 0 amide bonds. The van der Waals surface area contributed by atoms with Gasteiger partial charge in [-0.25, -0.2) is 4.79 Å². The average Bonchev–Trinajstić information content (AvgIpc) is 2.96. The fourth-order valence-electron chi connectivity index (χ4n) is 2.76. The second kappa shape index (κ2) is 9.72. The Hall–Kier alpha value is -1.67. The molecule has 0 saturated heterocycles. The fraction of sp³-hybridized carbons (Fsp3) is 0.588. The molecule has 25 heavy (non-hydrogen) atoms. The lowest BCUT2D eigenvalue weighted by Gasteiger charge is -2.13. The zero-order valence-corrected chi connectivity index (χ0v) is 16.2. The molecule has 0 aromatic carbocycles. The van der Waals surface area contributed by atoms with E-state index >= 15 is 0 Å². The minimum atomic E-state index is -0.294. The molecule has 2 rings (SSSR count). The minimum absolute atomic E-state index is 0.240. The first-order valence-corrected chi connectivity index (χ1v) is 9.72. The van der Waals surface area contributed by atoms with Crippen molar-refractivity contribution < 1.29 is 19.1 Å². The Morgan fingerprint density at radius 3 is 2.76 bits per heavy atom. The van der Waals surface area contributed by atoms with E-state index in [2.05, 4.69) is 15.4 Å². The van der Waals surface area contributed by atoms with E-state index in [9.17, 15) is 9.59 Å². The second-order valence-corrected chi connectivity index (χ2v) is 7.21. The smallest absolute Gasteiger partial charge is 0.341 e. The lowest BCUT2D eigenvalue weighted by atomic mass is 9.95. The number of fused-ring (bicyclic) bond motifs is 1. The van der Waals surface area contributed by atoms with Gasteiger partial charge in [0, 0.05) is 17.8 Å². The van der Waals surface area contributed by atoms with Gasteiger partial charge < -0.3 is 20.1 Å². The Morgan fingerprint density at radius 2 is 2.04 bits per heavy atom. The Kier molecular flexibility index (Phi) is 7.64. The summed E-state index contributed by atoms with van der Waals surface area (Å²) in [5, 5.41) is 7.37. The third-order valence-corrected chi connectivity index (χ3v) is 5.40. The molecule has 0 fully saturated rings. The molecule has 1 aliphatic rings. The predicted octanol–water partition coefficient (Wildman–Crippen LogP) is 3.04. The number of aryl methyl sites for hydroxylation is 1. The van der Waals surface area contributed by atoms with Crippen LogP contribution in [-0.4, -0.2) is 37.3 Å². The molecule has 1 aliphatic carbocycles. The molecule has 1 aromatic heterocycles. The van der Waals surface area contributed by atoms with Gasteiger partial charge in [0.25, 0.3) is 0 Å². The third kappa shape index (κ3) is 5.40. The fourth-order valence-corrected chi connectivity index (χ4v) is 4.31. The molecule has 1 heterocycles. The maximum Gasteiger partial charge on any atom is 0.341 e. The average molecular weight is 385 g/mol. The second-order valence-electron chi connectivity index (χ2n) is 5.70. The van der Waals surface area contributed by atoms with Crippen LogP contribution < -0.4 is 10.6 Å². The number of nitrogens with one attached hydrogen (secondary N) is 2. The summed E-state index contributed by atoms with van der Waals surface area (Å²) in [5.74, 6) is -0.533. The lowest BCUT2D eigenvalue weighted by molar-refractivity contribution is -0.140. The van der Waals surface area contributed by atoms with E-state index in [-0.39, 0.29) is 11.9 Å². The van der Waals surface area contributed by atoms with Crippen molar-refractivity contribution in [3.8, 4) is 0 Å². The minimum Gasteiger partial charge on any atom is -0.469 e. The largest absolute Gasteiger partial charge is 0.469 e. The van der Waals surface area contributed by atoms with Crippen molar-refractivity contribution in [2.45, 2.75) is 45.4 Å². The van der Waals surface area contributed by atoms with Crippen molar-refractivity contribution >= 4 is 45.6 Å². The van der Waals surface area contributed by atoms with E-state index in [1.165, 1.54) is 12.0 Å². The van der Waals surface area contributed by atoms with Crippen molar-refractivity contribution in [1.29, 1.82) is 0 Å². The molecule has 1 aromatic rings. The maximum absolute atomic E-state index is 12.4. The van der Waals surface area contributed by atoms with Crippen molar-refractivity contribution in [3.05, 3.63) is 16.0 Å². The number of thiophene rings is 1. The monoisotopic (exact) mass is 384 g/mol. The van der Waals surface area contributed by atoms with E-state index in [0.29, 0.717) is 36.7 Å². The summed E-state index contributed by atoms with van der Waals surface area (Å²) < 4.78 is 9.82. The van der Waals surface area contributed by atoms with Gasteiger partial charge in [0.1, 0.15) is 5.00 Å². The normalized spacial score (nSPS) is 12.9. The van der Waals surface area contributed by atoms with E-state index in [1.807, 2.05) is 0 Å². The summed E-state index contributed by atoms with van der Waals surface area (Å²) in [4.78, 5) is 24.7. The predicted molar refractivity (Wildman–Crippen MR) is 102 cm³/mol. The number of esters is 2. The molecule has 0 aliphatic heterocycles. The number of carbonyl (C=O) groups is 2. The number of rotatable bonds is 7. The van der Waals surface area contributed by atoms with Gasteiger partial charge in [0.15, 0.2) is 5.11 Å². The first kappa shape index (κ1) is 19.7. The molecule has 6 nitrogen and oxygen atoms in total. The van der Waals surface area contributed by atoms with E-state index in [4.69, 9.17) is 17.0 Å². The van der Waals surface area contributed by atoms with Crippen LogP contribution in [0.1, 0.15) is 53.4 Å². The number of methoxy groups -OCH3 is 1. The summed E-state index contributed by atoms with van der Waals surface area (Å²) in [6, 6.07) is 0. The highest BCUT2D eigenvalue weighted by Crippen LogP contribution is 2.38. The van der Waals surface area contributed by atoms with Gasteiger partial charge in [-0.1, -0.05) is 0 Å². The number of carbonyl (C=O) groups excluding carboxylic acids is 2. The van der Waals surface area contributed by atoms with Crippen molar-refractivity contribution in [2.24, 2.45) is 0 Å². The molecule has 0 atom stereocenters. The summed E-state index contributed by atoms with van der Waals surface area (Å²) >= 11 is 6.89. The van der Waals surface area contributed by atoms with Crippen LogP contribution >= 0.6 is 23.6 Å². The van der Waals surface area contributed by atoms with Crippen LogP contribution in [-0.2, 0) is 27.1 Å². The van der Waals surface area contributed by atoms with Crippen LogP contribution in [0.15, 0.2) is 0 Å². The Balaban J connectivity index is 2.00. The molecule has 0 bridgehead atoms. The summed E-state index contributed by atoms with van der Waals surface area (Å²) in [5.41, 5.74) is 1.73. The van der Waals surface area contributed by atoms with E-state index in [0.717, 1.165) is 36.2 Å². The molecule has 8 heteroatoms. The van der Waals surface area contributed by atoms with Crippen LogP contribution in [0, 0.1) is 0 Å². The SMILES string of the molecule is CCOC(=O)c1c(NC(=S)NCCCC(=O)OC)sc2c1CCCC2. The van der Waals surface area contributed by atoms with Crippen LogP contribution in [0.25, 0.3) is 0 Å². The number of anilines is 1. The number of hydrogen-bond donors (Lipinski definition) is 2. The summed E-state index contributed by atoms with van der Waals surface area (Å²) in [6.45, 7) is 2.71. The molecular formula is C17H24N2O4S2. The molecule has 0 radical (unpaired) electrons. The van der Waals surface area contributed by atoms with Crippen LogP contribution in [0.5, 0.6) is 0 Å². The molecule has 0 spiro atoms. The highest BCUT2D eigenvalue weighted by molar-refractivity contribution is 7.80. The van der Waals surface area contributed by atoms with E-state index in [1.54, 1.807) is 18.3 Å². The standard InChI is InChI=1S/C17H24N2O4S2/c1-3-23-16(21)14-11-7-4-5-8-12(11)25-15(14)19-17(24)18-10-6-9-13(20)22-2/h3-10H2,1-2H3,(H2,18,19,24). The maximum atomic E-state index is 12.4. The highest BCUT2D eigenvalue weighted by Gasteiger charge is 2.26. The molecule has 0 unspecified atom stereocenters. The molecule has 0 saturated carbocycles. The van der Waals surface area contributed by atoms with Gasteiger partial charge in [0.2, 0.25) is 0 Å². The van der Waals surface area contributed by atoms with Crippen LogP contribution in [0.3, 0.4) is 0 Å². The Morgan fingerprint density at radius 1 is 1.28 bits per heavy atom. The number of hydrogen-bond acceptors (Lipinski definition) is 6.